The molecule has 0 aliphatic heterocycles. The molecule has 0 heterocycles. The molecule has 1 fully saturated rings. The number of ether oxygens (including phenoxy) is 4. The first-order valence-electron chi connectivity index (χ1n) is 10.2. The first-order valence-corrected chi connectivity index (χ1v) is 10.2. The van der Waals surface area contributed by atoms with E-state index in [1.54, 1.807) is 14.2 Å². The lowest BCUT2D eigenvalue weighted by Gasteiger charge is -2.10. The number of ketones is 1. The molecule has 2 aromatic carbocycles. The number of rotatable bonds is 8. The van der Waals surface area contributed by atoms with Crippen molar-refractivity contribution in [3.63, 3.8) is 0 Å². The Kier molecular flexibility index (Phi) is 7.17. The van der Waals surface area contributed by atoms with Gasteiger partial charge in [-0.3, -0.25) is 4.79 Å². The quantitative estimate of drug-likeness (QED) is 0.553. The molecule has 0 atom stereocenters. The van der Waals surface area contributed by atoms with Gasteiger partial charge in [-0.2, -0.15) is 0 Å². The molecule has 0 aromatic heterocycles. The van der Waals surface area contributed by atoms with Gasteiger partial charge in [-0.25, -0.2) is 0 Å². The number of methoxy groups -OCH3 is 2. The molecule has 0 saturated heterocycles. The molecule has 30 heavy (non-hydrogen) atoms. The van der Waals surface area contributed by atoms with E-state index >= 15 is 0 Å². The molecule has 0 unspecified atom stereocenters. The van der Waals surface area contributed by atoms with Crippen LogP contribution in [0.1, 0.15) is 37.8 Å². The fraction of sp³-hybridized carbons (Fsp3) is 0.320. The predicted molar refractivity (Wildman–Crippen MR) is 119 cm³/mol. The number of carbonyl (C=O) groups is 1. The molecule has 2 aromatic rings. The van der Waals surface area contributed by atoms with Crippen molar-refractivity contribution in [2.75, 3.05) is 27.4 Å². The lowest BCUT2D eigenvalue weighted by molar-refractivity contribution is -0.111. The average molecular weight is 408 g/mol. The van der Waals surface area contributed by atoms with Crippen molar-refractivity contribution < 1.29 is 23.7 Å². The minimum Gasteiger partial charge on any atom is -0.493 e. The van der Waals surface area contributed by atoms with Crippen molar-refractivity contribution in [2.24, 2.45) is 0 Å². The van der Waals surface area contributed by atoms with Crippen molar-refractivity contribution in [3.8, 4) is 23.0 Å². The average Bonchev–Trinajstić information content (AvgIpc) is 3.09. The first kappa shape index (κ1) is 21.5. The number of allylic oxidation sites excluding steroid dienone is 2. The molecule has 5 nitrogen and oxygen atoms in total. The second-order valence-electron chi connectivity index (χ2n) is 6.85. The summed E-state index contributed by atoms with van der Waals surface area (Å²) >= 11 is 0. The van der Waals surface area contributed by atoms with E-state index in [0.29, 0.717) is 49.1 Å². The Morgan fingerprint density at radius 3 is 1.53 bits per heavy atom. The third kappa shape index (κ3) is 4.85. The van der Waals surface area contributed by atoms with E-state index in [9.17, 15) is 4.79 Å². The molecule has 0 N–H and O–H groups in total. The van der Waals surface area contributed by atoms with Crippen LogP contribution in [0.15, 0.2) is 47.5 Å². The van der Waals surface area contributed by atoms with Crippen LogP contribution in [0.25, 0.3) is 12.2 Å². The molecule has 0 spiro atoms. The molecule has 1 aliphatic carbocycles. The van der Waals surface area contributed by atoms with Crippen LogP contribution < -0.4 is 18.9 Å². The van der Waals surface area contributed by atoms with E-state index < -0.39 is 0 Å². The van der Waals surface area contributed by atoms with Crippen LogP contribution in [0.2, 0.25) is 0 Å². The Hall–Kier alpha value is -3.21. The molecular formula is C25H28O5. The van der Waals surface area contributed by atoms with Crippen LogP contribution in [0.5, 0.6) is 23.0 Å². The highest BCUT2D eigenvalue weighted by Gasteiger charge is 2.23. The first-order chi connectivity index (χ1) is 14.6. The zero-order chi connectivity index (χ0) is 21.5. The topological polar surface area (TPSA) is 54.0 Å². The van der Waals surface area contributed by atoms with E-state index in [4.69, 9.17) is 18.9 Å². The smallest absolute Gasteiger partial charge is 0.185 e. The van der Waals surface area contributed by atoms with Gasteiger partial charge in [0.05, 0.1) is 27.4 Å². The SMILES string of the molecule is CCOc1ccc(C=C2CCC(=Cc3ccc(OCC)c(OC)c3)C2=O)cc1OC. The number of benzene rings is 2. The molecule has 0 amide bonds. The Bertz CT molecular complexity index is 894. The Balaban J connectivity index is 1.82. The fourth-order valence-corrected chi connectivity index (χ4v) is 3.48. The maximum absolute atomic E-state index is 12.9. The Labute approximate surface area is 177 Å². The van der Waals surface area contributed by atoms with E-state index in [1.165, 1.54) is 0 Å². The van der Waals surface area contributed by atoms with Crippen molar-refractivity contribution >= 4 is 17.9 Å². The third-order valence-electron chi connectivity index (χ3n) is 4.90. The molecule has 1 aliphatic rings. The van der Waals surface area contributed by atoms with Gasteiger partial charge in [0.2, 0.25) is 0 Å². The fourth-order valence-electron chi connectivity index (χ4n) is 3.48. The zero-order valence-electron chi connectivity index (χ0n) is 18.0. The Morgan fingerprint density at radius 1 is 0.733 bits per heavy atom. The normalized spacial score (nSPS) is 16.2. The molecular weight excluding hydrogens is 380 g/mol. The lowest BCUT2D eigenvalue weighted by Crippen LogP contribution is -1.98. The summed E-state index contributed by atoms with van der Waals surface area (Å²) in [5.74, 6) is 2.80. The van der Waals surface area contributed by atoms with Crippen LogP contribution in [0.3, 0.4) is 0 Å². The molecule has 0 bridgehead atoms. The van der Waals surface area contributed by atoms with Gasteiger partial charge in [0, 0.05) is 11.1 Å². The monoisotopic (exact) mass is 408 g/mol. The van der Waals surface area contributed by atoms with Crippen LogP contribution >= 0.6 is 0 Å². The number of hydrogen-bond acceptors (Lipinski definition) is 5. The number of hydrogen-bond donors (Lipinski definition) is 0. The van der Waals surface area contributed by atoms with Crippen molar-refractivity contribution in [3.05, 3.63) is 58.7 Å². The minimum absolute atomic E-state index is 0.0794. The van der Waals surface area contributed by atoms with Gasteiger partial charge in [-0.15, -0.1) is 0 Å². The van der Waals surface area contributed by atoms with Crippen LogP contribution in [-0.2, 0) is 4.79 Å². The second-order valence-corrected chi connectivity index (χ2v) is 6.85. The molecule has 158 valence electrons. The summed E-state index contributed by atoms with van der Waals surface area (Å²) < 4.78 is 21.9. The van der Waals surface area contributed by atoms with Crippen LogP contribution in [0.4, 0.5) is 0 Å². The van der Waals surface area contributed by atoms with Crippen molar-refractivity contribution in [1.82, 2.24) is 0 Å². The summed E-state index contributed by atoms with van der Waals surface area (Å²) in [4.78, 5) is 12.9. The van der Waals surface area contributed by atoms with Crippen molar-refractivity contribution in [1.29, 1.82) is 0 Å². The van der Waals surface area contributed by atoms with Gasteiger partial charge in [0.1, 0.15) is 0 Å². The summed E-state index contributed by atoms with van der Waals surface area (Å²) in [5, 5.41) is 0. The van der Waals surface area contributed by atoms with Gasteiger partial charge in [0.15, 0.2) is 28.8 Å². The standard InChI is InChI=1S/C25H28O5/c1-5-29-21-11-7-17(15-23(21)27-3)13-19-9-10-20(25(19)26)14-18-8-12-22(30-6-2)24(16-18)28-4/h7-8,11-16H,5-6,9-10H2,1-4H3. The number of carbonyl (C=O) groups excluding carboxylic acids is 1. The summed E-state index contributed by atoms with van der Waals surface area (Å²) in [6.45, 7) is 5.00. The summed E-state index contributed by atoms with van der Waals surface area (Å²) in [6.07, 6.45) is 5.29. The van der Waals surface area contributed by atoms with E-state index in [0.717, 1.165) is 22.3 Å². The van der Waals surface area contributed by atoms with Gasteiger partial charge in [0.25, 0.3) is 0 Å². The molecule has 3 rings (SSSR count). The molecule has 0 radical (unpaired) electrons. The van der Waals surface area contributed by atoms with Crippen LogP contribution in [0, 0.1) is 0 Å². The summed E-state index contributed by atoms with van der Waals surface area (Å²) in [7, 11) is 3.23. The molecule has 5 heteroatoms. The highest BCUT2D eigenvalue weighted by Crippen LogP contribution is 2.34. The van der Waals surface area contributed by atoms with Gasteiger partial charge in [-0.1, -0.05) is 12.1 Å². The van der Waals surface area contributed by atoms with Gasteiger partial charge in [-0.05, 0) is 74.2 Å². The highest BCUT2D eigenvalue weighted by atomic mass is 16.5. The predicted octanol–water partition coefficient (Wildman–Crippen LogP) is 5.33. The van der Waals surface area contributed by atoms with Crippen molar-refractivity contribution in [2.45, 2.75) is 26.7 Å². The largest absolute Gasteiger partial charge is 0.493 e. The van der Waals surface area contributed by atoms with E-state index in [2.05, 4.69) is 0 Å². The second kappa shape index (κ2) is 10.0. The lowest BCUT2D eigenvalue weighted by atomic mass is 10.1. The Morgan fingerprint density at radius 2 is 1.17 bits per heavy atom. The number of Topliss-reactive ketones (excluding diaryl/α,β-unsaturated/α-hetero) is 1. The van der Waals surface area contributed by atoms with Gasteiger partial charge < -0.3 is 18.9 Å². The van der Waals surface area contributed by atoms with E-state index in [-0.39, 0.29) is 5.78 Å². The highest BCUT2D eigenvalue weighted by molar-refractivity contribution is 6.15. The van der Waals surface area contributed by atoms with Crippen LogP contribution in [-0.4, -0.2) is 33.2 Å². The van der Waals surface area contributed by atoms with Gasteiger partial charge >= 0.3 is 0 Å². The maximum Gasteiger partial charge on any atom is 0.185 e. The maximum atomic E-state index is 12.9. The minimum atomic E-state index is 0.0794. The van der Waals surface area contributed by atoms with E-state index in [1.807, 2.05) is 62.4 Å². The zero-order valence-corrected chi connectivity index (χ0v) is 18.0. The summed E-state index contributed by atoms with van der Waals surface area (Å²) in [5.41, 5.74) is 3.43. The molecule has 1 saturated carbocycles. The third-order valence-corrected chi connectivity index (χ3v) is 4.90. The summed E-state index contributed by atoms with van der Waals surface area (Å²) in [6, 6.07) is 11.4.